The van der Waals surface area contributed by atoms with Crippen LogP contribution in [0, 0.1) is 0 Å². The Labute approximate surface area is 188 Å². The summed E-state index contributed by atoms with van der Waals surface area (Å²) in [5.74, 6) is -0.110. The fraction of sp³-hybridized carbons (Fsp3) is 0.0833. The molecule has 152 valence electrons. The summed E-state index contributed by atoms with van der Waals surface area (Å²) in [7, 11) is 0. The quantitative estimate of drug-likeness (QED) is 0.361. The zero-order valence-corrected chi connectivity index (χ0v) is 19.8. The molecule has 0 aliphatic rings. The predicted molar refractivity (Wildman–Crippen MR) is 134 cm³/mol. The molecule has 1 amide bonds. The monoisotopic (exact) mass is 496 g/mol. The standard InChI is InChI=1S/C24H22BrN2OPS/c1-19(28)26-24-27-20(18-30-24)17-29(25,21-11-5-2-6-12-21,22-13-7-3-8-14-22)23-15-9-4-10-16-23/h2-16,18H,17H2,1H3,(H,26,27,28). The Kier molecular flexibility index (Phi) is 5.88. The van der Waals surface area contributed by atoms with Crippen LogP contribution in [-0.2, 0) is 11.0 Å². The first kappa shape index (κ1) is 20.9. The predicted octanol–water partition coefficient (Wildman–Crippen LogP) is 5.44. The number of carbonyl (C=O) groups is 1. The molecule has 0 aliphatic carbocycles. The summed E-state index contributed by atoms with van der Waals surface area (Å²) in [6.07, 6.45) is 0.708. The molecule has 0 saturated heterocycles. The summed E-state index contributed by atoms with van der Waals surface area (Å²) in [6.45, 7) is 1.50. The van der Waals surface area contributed by atoms with E-state index >= 15 is 0 Å². The molecule has 6 heteroatoms. The van der Waals surface area contributed by atoms with Gasteiger partial charge in [-0.05, 0) is 0 Å². The minimum atomic E-state index is -3.06. The molecular weight excluding hydrogens is 475 g/mol. The van der Waals surface area contributed by atoms with Crippen molar-refractivity contribution in [3.63, 3.8) is 0 Å². The van der Waals surface area contributed by atoms with Crippen LogP contribution in [0.25, 0.3) is 0 Å². The molecule has 4 aromatic rings. The fourth-order valence-corrected chi connectivity index (χ4v) is 12.2. The number of aromatic nitrogens is 1. The van der Waals surface area contributed by atoms with E-state index in [4.69, 9.17) is 4.98 Å². The summed E-state index contributed by atoms with van der Waals surface area (Å²) in [5.41, 5.74) is 0.954. The van der Waals surface area contributed by atoms with Crippen molar-refractivity contribution >= 4 is 59.1 Å². The number of carbonyl (C=O) groups excluding carboxylic acids is 1. The third-order valence-corrected chi connectivity index (χ3v) is 15.5. The molecule has 0 fully saturated rings. The average molecular weight is 497 g/mol. The number of anilines is 1. The van der Waals surface area contributed by atoms with Crippen molar-refractivity contribution < 1.29 is 4.79 Å². The van der Waals surface area contributed by atoms with E-state index in [1.165, 1.54) is 34.2 Å². The van der Waals surface area contributed by atoms with Crippen LogP contribution in [0.1, 0.15) is 12.6 Å². The molecule has 3 aromatic carbocycles. The zero-order chi connectivity index (χ0) is 21.1. The van der Waals surface area contributed by atoms with E-state index in [1.807, 2.05) is 23.6 Å². The van der Waals surface area contributed by atoms with E-state index in [0.717, 1.165) is 5.69 Å². The van der Waals surface area contributed by atoms with Crippen molar-refractivity contribution in [2.45, 2.75) is 13.1 Å². The SMILES string of the molecule is CC(=O)Nc1nc(CP(Br)(c2ccccc2)(c2ccccc2)c2ccccc2)cs1. The van der Waals surface area contributed by atoms with E-state index in [-0.39, 0.29) is 5.91 Å². The summed E-state index contributed by atoms with van der Waals surface area (Å²) >= 11 is 5.88. The van der Waals surface area contributed by atoms with Crippen molar-refractivity contribution in [3.05, 3.63) is 102 Å². The summed E-state index contributed by atoms with van der Waals surface area (Å²) in [4.78, 5) is 16.2. The van der Waals surface area contributed by atoms with Crippen molar-refractivity contribution in [1.82, 2.24) is 4.98 Å². The molecule has 1 aromatic heterocycles. The number of hydrogen-bond donors (Lipinski definition) is 1. The first-order valence-corrected chi connectivity index (χ1v) is 14.9. The van der Waals surface area contributed by atoms with E-state index in [1.54, 1.807) is 0 Å². The molecule has 1 N–H and O–H groups in total. The second kappa shape index (κ2) is 8.43. The Morgan fingerprint density at radius 3 is 1.70 bits per heavy atom. The third kappa shape index (κ3) is 3.74. The van der Waals surface area contributed by atoms with Crippen molar-refractivity contribution in [3.8, 4) is 0 Å². The summed E-state index contributed by atoms with van der Waals surface area (Å²) in [5, 5.41) is 6.16. The van der Waals surface area contributed by atoms with E-state index in [9.17, 15) is 4.79 Å². The van der Waals surface area contributed by atoms with Gasteiger partial charge >= 0.3 is 189 Å². The van der Waals surface area contributed by atoms with Crippen LogP contribution in [0.3, 0.4) is 0 Å². The molecule has 0 aliphatic heterocycles. The van der Waals surface area contributed by atoms with Crippen molar-refractivity contribution in [2.24, 2.45) is 0 Å². The van der Waals surface area contributed by atoms with Gasteiger partial charge in [-0.15, -0.1) is 0 Å². The molecule has 1 heterocycles. The van der Waals surface area contributed by atoms with Crippen molar-refractivity contribution in [1.29, 1.82) is 0 Å². The van der Waals surface area contributed by atoms with Crippen LogP contribution >= 0.6 is 32.1 Å². The number of amides is 1. The number of benzene rings is 3. The minimum absolute atomic E-state index is 0.110. The number of nitrogens with one attached hydrogen (secondary N) is 1. The Morgan fingerprint density at radius 2 is 1.30 bits per heavy atom. The summed E-state index contributed by atoms with van der Waals surface area (Å²) in [6, 6.07) is 31.9. The second-order valence-electron chi connectivity index (χ2n) is 7.17. The van der Waals surface area contributed by atoms with Crippen LogP contribution in [0.4, 0.5) is 5.13 Å². The number of hydrogen-bond acceptors (Lipinski definition) is 3. The average Bonchev–Trinajstić information content (AvgIpc) is 3.21. The zero-order valence-electron chi connectivity index (χ0n) is 16.5. The van der Waals surface area contributed by atoms with Crippen LogP contribution in [0.2, 0.25) is 0 Å². The molecule has 0 saturated carbocycles. The summed E-state index contributed by atoms with van der Waals surface area (Å²) < 4.78 is 0. The third-order valence-electron chi connectivity index (χ3n) is 5.18. The number of rotatable bonds is 6. The first-order valence-electron chi connectivity index (χ1n) is 9.62. The van der Waals surface area contributed by atoms with Crippen LogP contribution in [-0.4, -0.2) is 10.9 Å². The van der Waals surface area contributed by atoms with Gasteiger partial charge in [0.15, 0.2) is 0 Å². The normalized spacial score (nSPS) is 12.7. The van der Waals surface area contributed by atoms with Gasteiger partial charge in [0.2, 0.25) is 0 Å². The van der Waals surface area contributed by atoms with Crippen LogP contribution < -0.4 is 21.2 Å². The maximum absolute atomic E-state index is 11.5. The second-order valence-corrected chi connectivity index (χ2v) is 17.0. The van der Waals surface area contributed by atoms with Gasteiger partial charge in [-0.1, -0.05) is 0 Å². The Balaban J connectivity index is 1.99. The van der Waals surface area contributed by atoms with Gasteiger partial charge < -0.3 is 0 Å². The van der Waals surface area contributed by atoms with E-state index in [0.29, 0.717) is 11.3 Å². The Bertz CT molecular complexity index is 1050. The molecule has 3 nitrogen and oxygen atoms in total. The van der Waals surface area contributed by atoms with Crippen molar-refractivity contribution in [2.75, 3.05) is 5.32 Å². The van der Waals surface area contributed by atoms with Gasteiger partial charge in [0.25, 0.3) is 0 Å². The van der Waals surface area contributed by atoms with Gasteiger partial charge in [0.1, 0.15) is 0 Å². The fourth-order valence-electron chi connectivity index (χ4n) is 3.83. The Hall–Kier alpha value is -2.33. The molecule has 0 spiro atoms. The number of halogens is 1. The molecule has 4 rings (SSSR count). The number of nitrogens with zero attached hydrogens (tertiary/aromatic N) is 1. The van der Waals surface area contributed by atoms with Crippen LogP contribution in [0.5, 0.6) is 0 Å². The van der Waals surface area contributed by atoms with Gasteiger partial charge in [-0.2, -0.15) is 0 Å². The van der Waals surface area contributed by atoms with Gasteiger partial charge in [0.05, 0.1) is 0 Å². The molecule has 0 bridgehead atoms. The Morgan fingerprint density at radius 1 is 0.867 bits per heavy atom. The first-order chi connectivity index (χ1) is 14.5. The van der Waals surface area contributed by atoms with E-state index < -0.39 is 5.31 Å². The van der Waals surface area contributed by atoms with Crippen LogP contribution in [0.15, 0.2) is 96.4 Å². The van der Waals surface area contributed by atoms with E-state index in [2.05, 4.69) is 93.6 Å². The molecule has 0 atom stereocenters. The molecule has 30 heavy (non-hydrogen) atoms. The maximum atomic E-state index is 11.5. The molecule has 0 unspecified atom stereocenters. The van der Waals surface area contributed by atoms with Gasteiger partial charge in [-0.3, -0.25) is 0 Å². The van der Waals surface area contributed by atoms with Gasteiger partial charge in [-0.25, -0.2) is 0 Å². The molecule has 0 radical (unpaired) electrons. The molecular formula is C24H22BrN2OPS. The van der Waals surface area contributed by atoms with Gasteiger partial charge in [0, 0.05) is 0 Å². The topological polar surface area (TPSA) is 42.0 Å². The number of thiazole rings is 1.